The van der Waals surface area contributed by atoms with Crippen LogP contribution in [0.3, 0.4) is 0 Å². The molecule has 2 aromatic rings. The van der Waals surface area contributed by atoms with Crippen molar-refractivity contribution >= 4 is 11.7 Å². The van der Waals surface area contributed by atoms with Crippen molar-refractivity contribution in [3.63, 3.8) is 0 Å². The molecule has 0 spiro atoms. The normalized spacial score (nSPS) is 18.6. The van der Waals surface area contributed by atoms with Gasteiger partial charge in [-0.3, -0.25) is 20.4 Å². The van der Waals surface area contributed by atoms with Gasteiger partial charge in [0.1, 0.15) is 5.60 Å². The Morgan fingerprint density at radius 3 is 2.63 bits per heavy atom. The van der Waals surface area contributed by atoms with Crippen LogP contribution in [-0.2, 0) is 27.2 Å². The maximum Gasteiger partial charge on any atom is 0.312 e. The highest BCUT2D eigenvalue weighted by Crippen LogP contribution is 2.25. The Kier molecular flexibility index (Phi) is 7.48. The molecule has 0 aliphatic carbocycles. The Balaban J connectivity index is 1.76. The van der Waals surface area contributed by atoms with E-state index in [1.165, 1.54) is 5.56 Å². The van der Waals surface area contributed by atoms with Crippen LogP contribution < -0.4 is 5.48 Å². The number of hydrogen-bond acceptors (Lipinski definition) is 6. The minimum absolute atomic E-state index is 0.253. The first-order valence-corrected chi connectivity index (χ1v) is 10.4. The van der Waals surface area contributed by atoms with Crippen LogP contribution in [0.5, 0.6) is 0 Å². The van der Waals surface area contributed by atoms with Crippen LogP contribution in [0.1, 0.15) is 31.9 Å². The lowest BCUT2D eigenvalue weighted by atomic mass is 9.92. The first kappa shape index (κ1) is 22.3. The number of rotatable bonds is 7. The highest BCUT2D eigenvalue weighted by atomic mass is 16.6. The number of benzene rings is 2. The smallest absolute Gasteiger partial charge is 0.312 e. The van der Waals surface area contributed by atoms with Crippen LogP contribution in [-0.4, -0.2) is 47.5 Å². The maximum atomic E-state index is 13.1. The monoisotopic (exact) mass is 412 g/mol. The highest BCUT2D eigenvalue weighted by Gasteiger charge is 2.36. The lowest BCUT2D eigenvalue weighted by molar-refractivity contribution is -0.168. The number of ether oxygens (including phenoxy) is 2. The fourth-order valence-electron chi connectivity index (χ4n) is 3.73. The summed E-state index contributed by atoms with van der Waals surface area (Å²) in [5.74, 6) is -0.687. The molecular weight excluding hydrogens is 380 g/mol. The van der Waals surface area contributed by atoms with E-state index >= 15 is 0 Å². The van der Waals surface area contributed by atoms with E-state index in [0.29, 0.717) is 25.3 Å². The van der Waals surface area contributed by atoms with Gasteiger partial charge in [-0.15, -0.1) is 0 Å². The summed E-state index contributed by atoms with van der Waals surface area (Å²) in [6.45, 7) is 8.53. The zero-order valence-corrected chi connectivity index (χ0v) is 18.0. The number of carbonyl (C=O) groups is 1. The van der Waals surface area contributed by atoms with Gasteiger partial charge >= 0.3 is 5.97 Å². The molecule has 1 fully saturated rings. The molecule has 2 unspecified atom stereocenters. The van der Waals surface area contributed by atoms with E-state index in [4.69, 9.17) is 9.47 Å². The molecule has 2 aromatic carbocycles. The van der Waals surface area contributed by atoms with Crippen molar-refractivity contribution in [1.82, 2.24) is 4.90 Å². The Bertz CT molecular complexity index is 819. The first-order chi connectivity index (χ1) is 14.3. The Morgan fingerprint density at radius 1 is 1.20 bits per heavy atom. The number of nitrogens with zero attached hydrogens (tertiary/aromatic N) is 1. The van der Waals surface area contributed by atoms with Crippen molar-refractivity contribution in [2.24, 2.45) is 5.92 Å². The van der Waals surface area contributed by atoms with E-state index in [1.807, 2.05) is 57.2 Å². The minimum atomic E-state index is -0.567. The second-order valence-electron chi connectivity index (χ2n) is 8.79. The van der Waals surface area contributed by atoms with Gasteiger partial charge < -0.3 is 9.47 Å². The van der Waals surface area contributed by atoms with Gasteiger partial charge in [0.05, 0.1) is 24.3 Å². The summed E-state index contributed by atoms with van der Waals surface area (Å²) in [5, 5.41) is 9.21. The summed E-state index contributed by atoms with van der Waals surface area (Å²) in [5.41, 5.74) is 4.37. The molecule has 0 radical (unpaired) electrons. The van der Waals surface area contributed by atoms with Crippen molar-refractivity contribution in [1.29, 1.82) is 0 Å². The molecule has 1 aliphatic rings. The molecule has 1 saturated heterocycles. The molecule has 6 heteroatoms. The summed E-state index contributed by atoms with van der Waals surface area (Å²) in [6.07, 6.45) is 0.219. The molecule has 0 saturated carbocycles. The lowest BCUT2D eigenvalue weighted by Gasteiger charge is -2.37. The van der Waals surface area contributed by atoms with Crippen LogP contribution in [0.25, 0.3) is 0 Å². The number of nitrogens with one attached hydrogen (secondary N) is 1. The van der Waals surface area contributed by atoms with Crippen molar-refractivity contribution in [2.45, 2.75) is 45.4 Å². The number of hydrogen-bond donors (Lipinski definition) is 2. The van der Waals surface area contributed by atoms with Crippen LogP contribution in [0.2, 0.25) is 0 Å². The molecule has 1 heterocycles. The Hall–Kier alpha value is -2.41. The summed E-state index contributed by atoms with van der Waals surface area (Å²) >= 11 is 0. The third-order valence-corrected chi connectivity index (χ3v) is 5.10. The van der Waals surface area contributed by atoms with E-state index in [9.17, 15) is 10.0 Å². The van der Waals surface area contributed by atoms with Crippen molar-refractivity contribution in [2.75, 3.05) is 25.2 Å². The zero-order chi connectivity index (χ0) is 21.6. The molecular formula is C24H32N2O4. The first-order valence-electron chi connectivity index (χ1n) is 10.4. The molecule has 0 aromatic heterocycles. The second-order valence-corrected chi connectivity index (χ2v) is 8.79. The minimum Gasteiger partial charge on any atom is -0.460 e. The van der Waals surface area contributed by atoms with E-state index in [2.05, 4.69) is 22.5 Å². The van der Waals surface area contributed by atoms with Crippen LogP contribution in [0.15, 0.2) is 54.6 Å². The number of esters is 1. The zero-order valence-electron chi connectivity index (χ0n) is 18.0. The SMILES string of the molecule is CC(C)(C)OC(=O)C(Cc1cccc(NO)c1)C1CN(Cc2ccccc2)CCO1. The summed E-state index contributed by atoms with van der Waals surface area (Å²) in [7, 11) is 0. The van der Waals surface area contributed by atoms with Crippen molar-refractivity contribution < 1.29 is 19.5 Å². The predicted molar refractivity (Wildman–Crippen MR) is 116 cm³/mol. The summed E-state index contributed by atoms with van der Waals surface area (Å²) < 4.78 is 11.8. The largest absolute Gasteiger partial charge is 0.460 e. The number of anilines is 1. The average Bonchev–Trinajstić information content (AvgIpc) is 2.72. The second kappa shape index (κ2) is 10.1. The number of morpholine rings is 1. The fraction of sp³-hybridized carbons (Fsp3) is 0.458. The van der Waals surface area contributed by atoms with E-state index < -0.39 is 11.5 Å². The summed E-state index contributed by atoms with van der Waals surface area (Å²) in [4.78, 5) is 15.4. The highest BCUT2D eigenvalue weighted by molar-refractivity contribution is 5.74. The quantitative estimate of drug-likeness (QED) is 0.531. The molecule has 1 aliphatic heterocycles. The van der Waals surface area contributed by atoms with Gasteiger partial charge in [0.2, 0.25) is 0 Å². The molecule has 3 rings (SSSR count). The van der Waals surface area contributed by atoms with Crippen LogP contribution >= 0.6 is 0 Å². The van der Waals surface area contributed by atoms with Gasteiger partial charge in [0.15, 0.2) is 0 Å². The van der Waals surface area contributed by atoms with Crippen LogP contribution in [0, 0.1) is 5.92 Å². The molecule has 162 valence electrons. The Morgan fingerprint density at radius 2 is 1.93 bits per heavy atom. The van der Waals surface area contributed by atoms with Gasteiger partial charge in [-0.2, -0.15) is 0 Å². The molecule has 0 bridgehead atoms. The van der Waals surface area contributed by atoms with Gasteiger partial charge in [0, 0.05) is 19.6 Å². The summed E-state index contributed by atoms with van der Waals surface area (Å²) in [6, 6.07) is 17.7. The molecule has 6 nitrogen and oxygen atoms in total. The lowest BCUT2D eigenvalue weighted by Crippen LogP contribution is -2.48. The van der Waals surface area contributed by atoms with Gasteiger partial charge in [-0.1, -0.05) is 42.5 Å². The van der Waals surface area contributed by atoms with Gasteiger partial charge in [-0.25, -0.2) is 0 Å². The molecule has 30 heavy (non-hydrogen) atoms. The third-order valence-electron chi connectivity index (χ3n) is 5.10. The van der Waals surface area contributed by atoms with Gasteiger partial charge in [0.25, 0.3) is 0 Å². The van der Waals surface area contributed by atoms with E-state index in [1.54, 1.807) is 6.07 Å². The maximum absolute atomic E-state index is 13.1. The predicted octanol–water partition coefficient (Wildman–Crippen LogP) is 3.89. The number of carbonyl (C=O) groups excluding carboxylic acids is 1. The fourth-order valence-corrected chi connectivity index (χ4v) is 3.73. The topological polar surface area (TPSA) is 71.0 Å². The third kappa shape index (κ3) is 6.55. The van der Waals surface area contributed by atoms with Crippen molar-refractivity contribution in [3.8, 4) is 0 Å². The van der Waals surface area contributed by atoms with E-state index in [-0.39, 0.29) is 12.1 Å². The standard InChI is InChI=1S/C24H32N2O4/c1-24(2,3)30-23(27)21(15-19-10-7-11-20(14-19)25-28)22-17-26(12-13-29-22)16-18-8-5-4-6-9-18/h4-11,14,21-22,25,28H,12-13,15-17H2,1-3H3. The molecule has 0 amide bonds. The molecule has 2 atom stereocenters. The van der Waals surface area contributed by atoms with Gasteiger partial charge in [-0.05, 0) is 50.5 Å². The van der Waals surface area contributed by atoms with Crippen LogP contribution in [0.4, 0.5) is 5.69 Å². The Labute approximate surface area is 178 Å². The molecule has 2 N–H and O–H groups in total. The van der Waals surface area contributed by atoms with E-state index in [0.717, 1.165) is 18.7 Å². The average molecular weight is 413 g/mol. The van der Waals surface area contributed by atoms with Crippen molar-refractivity contribution in [3.05, 3.63) is 65.7 Å².